The van der Waals surface area contributed by atoms with Gasteiger partial charge in [-0.25, -0.2) is 13.1 Å². The molecule has 0 radical (unpaired) electrons. The van der Waals surface area contributed by atoms with Crippen molar-refractivity contribution in [1.29, 1.82) is 0 Å². The maximum absolute atomic E-state index is 12.0. The highest BCUT2D eigenvalue weighted by molar-refractivity contribution is 9.10. The molecule has 0 saturated heterocycles. The molecule has 0 unspecified atom stereocenters. The second-order valence-corrected chi connectivity index (χ2v) is 6.85. The van der Waals surface area contributed by atoms with Crippen molar-refractivity contribution >= 4 is 26.0 Å². The van der Waals surface area contributed by atoms with Crippen LogP contribution in [0.25, 0.3) is 0 Å². The standard InChI is InChI=1S/C12H18BrNO3S/c1-9(2)17-7-6-14-18(15,16)11-4-5-12(13)10(3)8-11/h4-5,8-9,14H,6-7H2,1-3H3. The van der Waals surface area contributed by atoms with E-state index in [1.807, 2.05) is 20.8 Å². The molecule has 0 bridgehead atoms. The number of hydrogen-bond donors (Lipinski definition) is 1. The Bertz CT molecular complexity index is 500. The van der Waals surface area contributed by atoms with Gasteiger partial charge in [0.05, 0.1) is 17.6 Å². The van der Waals surface area contributed by atoms with Gasteiger partial charge >= 0.3 is 0 Å². The maximum atomic E-state index is 12.0. The summed E-state index contributed by atoms with van der Waals surface area (Å²) in [5, 5.41) is 0. The van der Waals surface area contributed by atoms with E-state index in [4.69, 9.17) is 4.74 Å². The van der Waals surface area contributed by atoms with E-state index in [1.54, 1.807) is 18.2 Å². The summed E-state index contributed by atoms with van der Waals surface area (Å²) < 4.78 is 32.6. The number of rotatable bonds is 6. The maximum Gasteiger partial charge on any atom is 0.240 e. The van der Waals surface area contributed by atoms with Gasteiger partial charge < -0.3 is 4.74 Å². The lowest BCUT2D eigenvalue weighted by molar-refractivity contribution is 0.0834. The van der Waals surface area contributed by atoms with Crippen LogP contribution >= 0.6 is 15.9 Å². The minimum atomic E-state index is -3.45. The lowest BCUT2D eigenvalue weighted by Crippen LogP contribution is -2.28. The van der Waals surface area contributed by atoms with Crippen LogP contribution in [0.4, 0.5) is 0 Å². The number of halogens is 1. The molecule has 1 aromatic carbocycles. The zero-order valence-electron chi connectivity index (χ0n) is 10.7. The predicted octanol–water partition coefficient (Wildman–Crippen LogP) is 2.46. The van der Waals surface area contributed by atoms with Crippen LogP contribution in [-0.4, -0.2) is 27.7 Å². The highest BCUT2D eigenvalue weighted by Gasteiger charge is 2.14. The van der Waals surface area contributed by atoms with E-state index in [-0.39, 0.29) is 17.5 Å². The summed E-state index contributed by atoms with van der Waals surface area (Å²) in [5.41, 5.74) is 0.885. The van der Waals surface area contributed by atoms with Crippen LogP contribution in [0.2, 0.25) is 0 Å². The Balaban J connectivity index is 2.66. The molecule has 0 amide bonds. The monoisotopic (exact) mass is 335 g/mol. The van der Waals surface area contributed by atoms with Crippen LogP contribution < -0.4 is 4.72 Å². The summed E-state index contributed by atoms with van der Waals surface area (Å²) in [7, 11) is -3.45. The molecule has 0 saturated carbocycles. The van der Waals surface area contributed by atoms with Gasteiger partial charge in [0.1, 0.15) is 0 Å². The van der Waals surface area contributed by atoms with Crippen LogP contribution in [0.1, 0.15) is 19.4 Å². The Morgan fingerprint density at radius 2 is 2.06 bits per heavy atom. The summed E-state index contributed by atoms with van der Waals surface area (Å²) in [6, 6.07) is 4.94. The number of aryl methyl sites for hydroxylation is 1. The predicted molar refractivity (Wildman–Crippen MR) is 75.2 cm³/mol. The third kappa shape index (κ3) is 4.68. The van der Waals surface area contributed by atoms with Crippen molar-refractivity contribution in [1.82, 2.24) is 4.72 Å². The van der Waals surface area contributed by atoms with Crippen molar-refractivity contribution in [2.75, 3.05) is 13.2 Å². The Labute approximate surface area is 117 Å². The normalized spacial score (nSPS) is 12.1. The number of ether oxygens (including phenoxy) is 1. The van der Waals surface area contributed by atoms with Gasteiger partial charge in [0.2, 0.25) is 10.0 Å². The molecule has 0 heterocycles. The van der Waals surface area contributed by atoms with Crippen molar-refractivity contribution < 1.29 is 13.2 Å². The van der Waals surface area contributed by atoms with E-state index in [2.05, 4.69) is 20.7 Å². The first-order chi connectivity index (χ1) is 8.33. The van der Waals surface area contributed by atoms with Crippen molar-refractivity contribution in [3.8, 4) is 0 Å². The van der Waals surface area contributed by atoms with Crippen LogP contribution in [-0.2, 0) is 14.8 Å². The summed E-state index contributed by atoms with van der Waals surface area (Å²) in [6.07, 6.45) is 0.101. The molecule has 1 N–H and O–H groups in total. The molecule has 0 atom stereocenters. The Morgan fingerprint density at radius 1 is 1.39 bits per heavy atom. The van der Waals surface area contributed by atoms with Crippen LogP contribution in [0, 0.1) is 6.92 Å². The Kier molecular flexibility index (Phi) is 5.78. The quantitative estimate of drug-likeness (QED) is 0.812. The molecule has 0 aliphatic carbocycles. The van der Waals surface area contributed by atoms with Crippen molar-refractivity contribution in [3.63, 3.8) is 0 Å². The molecule has 0 aliphatic heterocycles. The molecule has 0 aliphatic rings. The third-order valence-corrected chi connectivity index (χ3v) is 4.63. The molecular weight excluding hydrogens is 318 g/mol. The van der Waals surface area contributed by atoms with E-state index in [9.17, 15) is 8.42 Å². The van der Waals surface area contributed by atoms with E-state index >= 15 is 0 Å². The fourth-order valence-electron chi connectivity index (χ4n) is 1.34. The molecule has 6 heteroatoms. The van der Waals surface area contributed by atoms with Gasteiger partial charge in [0.15, 0.2) is 0 Å². The summed E-state index contributed by atoms with van der Waals surface area (Å²) in [5.74, 6) is 0. The van der Waals surface area contributed by atoms with Crippen LogP contribution in [0.15, 0.2) is 27.6 Å². The van der Waals surface area contributed by atoms with E-state index in [0.29, 0.717) is 6.61 Å². The molecule has 18 heavy (non-hydrogen) atoms. The minimum Gasteiger partial charge on any atom is -0.377 e. The topological polar surface area (TPSA) is 55.4 Å². The van der Waals surface area contributed by atoms with Gasteiger partial charge in [-0.1, -0.05) is 15.9 Å². The minimum absolute atomic E-state index is 0.101. The molecule has 4 nitrogen and oxygen atoms in total. The smallest absolute Gasteiger partial charge is 0.240 e. The second-order valence-electron chi connectivity index (χ2n) is 4.23. The summed E-state index contributed by atoms with van der Waals surface area (Å²) in [4.78, 5) is 0.271. The van der Waals surface area contributed by atoms with Crippen LogP contribution in [0.3, 0.4) is 0 Å². The number of nitrogens with one attached hydrogen (secondary N) is 1. The largest absolute Gasteiger partial charge is 0.377 e. The van der Waals surface area contributed by atoms with Gasteiger partial charge in [-0.3, -0.25) is 0 Å². The average Bonchev–Trinajstić information content (AvgIpc) is 2.28. The average molecular weight is 336 g/mol. The highest BCUT2D eigenvalue weighted by Crippen LogP contribution is 2.19. The van der Waals surface area contributed by atoms with Crippen molar-refractivity contribution in [3.05, 3.63) is 28.2 Å². The number of sulfonamides is 1. The van der Waals surface area contributed by atoms with Gasteiger partial charge in [-0.05, 0) is 44.5 Å². The fraction of sp³-hybridized carbons (Fsp3) is 0.500. The van der Waals surface area contributed by atoms with Gasteiger partial charge in [0, 0.05) is 11.0 Å². The summed E-state index contributed by atoms with van der Waals surface area (Å²) in [6.45, 7) is 6.31. The first-order valence-electron chi connectivity index (χ1n) is 5.70. The molecule has 1 aromatic rings. The molecule has 102 valence electrons. The first kappa shape index (κ1) is 15.6. The SMILES string of the molecule is Cc1cc(S(=O)(=O)NCCOC(C)C)ccc1Br. The van der Waals surface area contributed by atoms with Gasteiger partial charge in [0.25, 0.3) is 0 Å². The summed E-state index contributed by atoms with van der Waals surface area (Å²) >= 11 is 3.34. The zero-order chi connectivity index (χ0) is 13.8. The molecule has 0 fully saturated rings. The van der Waals surface area contributed by atoms with Crippen molar-refractivity contribution in [2.24, 2.45) is 0 Å². The molecule has 0 aromatic heterocycles. The van der Waals surface area contributed by atoms with E-state index in [1.165, 1.54) is 0 Å². The Morgan fingerprint density at radius 3 is 2.61 bits per heavy atom. The van der Waals surface area contributed by atoms with Crippen molar-refractivity contribution in [2.45, 2.75) is 31.8 Å². The number of benzene rings is 1. The number of hydrogen-bond acceptors (Lipinski definition) is 3. The lowest BCUT2D eigenvalue weighted by Gasteiger charge is -2.10. The van der Waals surface area contributed by atoms with Crippen LogP contribution in [0.5, 0.6) is 0 Å². The zero-order valence-corrected chi connectivity index (χ0v) is 13.1. The van der Waals surface area contributed by atoms with Gasteiger partial charge in [-0.15, -0.1) is 0 Å². The molecular formula is C12H18BrNO3S. The molecule has 1 rings (SSSR count). The van der Waals surface area contributed by atoms with E-state index < -0.39 is 10.0 Å². The van der Waals surface area contributed by atoms with Gasteiger partial charge in [-0.2, -0.15) is 0 Å². The fourth-order valence-corrected chi connectivity index (χ4v) is 2.68. The lowest BCUT2D eigenvalue weighted by atomic mass is 10.2. The van der Waals surface area contributed by atoms with E-state index in [0.717, 1.165) is 10.0 Å². The Hall–Kier alpha value is -0.430. The highest BCUT2D eigenvalue weighted by atomic mass is 79.9. The second kappa shape index (κ2) is 6.65. The first-order valence-corrected chi connectivity index (χ1v) is 7.98. The molecule has 0 spiro atoms. The third-order valence-electron chi connectivity index (χ3n) is 2.29.